The van der Waals surface area contributed by atoms with Gasteiger partial charge >= 0.3 is 0 Å². The van der Waals surface area contributed by atoms with Crippen molar-refractivity contribution >= 4 is 45.9 Å². The number of nitrogens with zero attached hydrogens (tertiary/aromatic N) is 4. The number of amides is 3. The maximum Gasteiger partial charge on any atom is 0.290 e. The molecule has 1 unspecified atom stereocenters. The molecule has 1 atom stereocenters. The first-order chi connectivity index (χ1) is 15.7. The summed E-state index contributed by atoms with van der Waals surface area (Å²) in [4.78, 5) is 48.8. The number of nitro benzene ring substituents is 1. The predicted octanol–water partition coefficient (Wildman–Crippen LogP) is 3.21. The summed E-state index contributed by atoms with van der Waals surface area (Å²) in [5.74, 6) is -1.16. The standard InChI is InChI=1S/C22H19N5O5S/c1-25(2)15-7-5-14(6-8-15)18-11-17(13-3-9-16(10-4-13)27(31)32)24-26(18)20(28)12-19-21(29)23-22(30)33-19/h3-10,12,18H,11H2,1-2H3,(H,23,29,30)/b19-12-. The van der Waals surface area contributed by atoms with Gasteiger partial charge in [-0.25, -0.2) is 5.01 Å². The molecule has 2 aliphatic rings. The van der Waals surface area contributed by atoms with E-state index in [4.69, 9.17) is 0 Å². The fraction of sp³-hybridized carbons (Fsp3) is 0.182. The van der Waals surface area contributed by atoms with Crippen molar-refractivity contribution in [3.63, 3.8) is 0 Å². The van der Waals surface area contributed by atoms with Crippen LogP contribution in [0.1, 0.15) is 23.6 Å². The lowest BCUT2D eigenvalue weighted by molar-refractivity contribution is -0.384. The zero-order valence-electron chi connectivity index (χ0n) is 17.7. The molecule has 3 amide bonds. The van der Waals surface area contributed by atoms with Gasteiger partial charge in [-0.15, -0.1) is 0 Å². The van der Waals surface area contributed by atoms with E-state index in [1.54, 1.807) is 12.1 Å². The minimum Gasteiger partial charge on any atom is -0.378 e. The van der Waals surface area contributed by atoms with Gasteiger partial charge in [0.05, 0.1) is 21.6 Å². The van der Waals surface area contributed by atoms with Crippen molar-refractivity contribution in [2.45, 2.75) is 12.5 Å². The van der Waals surface area contributed by atoms with Crippen LogP contribution in [0.2, 0.25) is 0 Å². The molecule has 0 bridgehead atoms. The fourth-order valence-corrected chi connectivity index (χ4v) is 4.16. The molecule has 4 rings (SSSR count). The molecule has 10 nitrogen and oxygen atoms in total. The molecule has 0 spiro atoms. The molecule has 1 saturated heterocycles. The number of carbonyl (C=O) groups excluding carboxylic acids is 3. The minimum atomic E-state index is -0.621. The predicted molar refractivity (Wildman–Crippen MR) is 124 cm³/mol. The van der Waals surface area contributed by atoms with Crippen LogP contribution in [0.4, 0.5) is 16.2 Å². The molecule has 0 radical (unpaired) electrons. The van der Waals surface area contributed by atoms with Crippen molar-refractivity contribution in [3.05, 3.63) is 80.8 Å². The molecular formula is C22H19N5O5S. The van der Waals surface area contributed by atoms with Crippen LogP contribution in [0.5, 0.6) is 0 Å². The third-order valence-corrected chi connectivity index (χ3v) is 6.05. The zero-order chi connectivity index (χ0) is 23.7. The van der Waals surface area contributed by atoms with E-state index < -0.39 is 28.0 Å². The number of hydrogen-bond donors (Lipinski definition) is 1. The van der Waals surface area contributed by atoms with Crippen LogP contribution >= 0.6 is 11.8 Å². The number of non-ortho nitro benzene ring substituents is 1. The first-order valence-electron chi connectivity index (χ1n) is 9.90. The monoisotopic (exact) mass is 465 g/mol. The SMILES string of the molecule is CN(C)c1ccc(C2CC(c3ccc([N+](=O)[O-])cc3)=NN2C(=O)/C=C2\SC(=O)NC2=O)cc1. The van der Waals surface area contributed by atoms with E-state index in [-0.39, 0.29) is 10.6 Å². The summed E-state index contributed by atoms with van der Waals surface area (Å²) in [5.41, 5.74) is 3.03. The van der Waals surface area contributed by atoms with Crippen LogP contribution in [0.25, 0.3) is 0 Å². The van der Waals surface area contributed by atoms with Crippen molar-refractivity contribution in [1.29, 1.82) is 0 Å². The van der Waals surface area contributed by atoms with Crippen LogP contribution < -0.4 is 10.2 Å². The van der Waals surface area contributed by atoms with Crippen LogP contribution in [-0.4, -0.2) is 46.8 Å². The zero-order valence-corrected chi connectivity index (χ0v) is 18.5. The summed E-state index contributed by atoms with van der Waals surface area (Å²) < 4.78 is 0. The number of hydrogen-bond acceptors (Lipinski definition) is 8. The number of anilines is 1. The summed E-state index contributed by atoms with van der Waals surface area (Å²) in [6.07, 6.45) is 1.49. The second-order valence-electron chi connectivity index (χ2n) is 7.59. The molecule has 33 heavy (non-hydrogen) atoms. The normalized spacial score (nSPS) is 19.0. The van der Waals surface area contributed by atoms with E-state index in [1.165, 1.54) is 17.1 Å². The van der Waals surface area contributed by atoms with Crippen LogP contribution in [0, 0.1) is 10.1 Å². The Hall–Kier alpha value is -3.99. The van der Waals surface area contributed by atoms with Gasteiger partial charge in [0.2, 0.25) is 0 Å². The average molecular weight is 465 g/mol. The highest BCUT2D eigenvalue weighted by atomic mass is 32.2. The van der Waals surface area contributed by atoms with Crippen LogP contribution in [0.15, 0.2) is 64.6 Å². The Labute approximate surface area is 193 Å². The van der Waals surface area contributed by atoms with Gasteiger partial charge in [0.25, 0.3) is 22.7 Å². The fourth-order valence-electron chi connectivity index (χ4n) is 3.52. The Morgan fingerprint density at radius 2 is 1.85 bits per heavy atom. The molecule has 2 aromatic carbocycles. The largest absolute Gasteiger partial charge is 0.378 e. The van der Waals surface area contributed by atoms with E-state index in [0.29, 0.717) is 29.5 Å². The molecule has 2 aromatic rings. The quantitative estimate of drug-likeness (QED) is 0.408. The number of nitro groups is 1. The third-order valence-electron chi connectivity index (χ3n) is 5.24. The number of hydrazone groups is 1. The van der Waals surface area contributed by atoms with Gasteiger partial charge in [-0.2, -0.15) is 5.10 Å². The van der Waals surface area contributed by atoms with Crippen molar-refractivity contribution < 1.29 is 19.3 Å². The third kappa shape index (κ3) is 4.62. The molecule has 2 aliphatic heterocycles. The van der Waals surface area contributed by atoms with Crippen LogP contribution in [-0.2, 0) is 9.59 Å². The van der Waals surface area contributed by atoms with Gasteiger partial charge in [-0.1, -0.05) is 12.1 Å². The summed E-state index contributed by atoms with van der Waals surface area (Å²) >= 11 is 0.661. The maximum absolute atomic E-state index is 13.1. The van der Waals surface area contributed by atoms with Crippen molar-refractivity contribution in [2.75, 3.05) is 19.0 Å². The highest BCUT2D eigenvalue weighted by Crippen LogP contribution is 2.35. The number of benzene rings is 2. The highest BCUT2D eigenvalue weighted by Gasteiger charge is 2.34. The highest BCUT2D eigenvalue weighted by molar-refractivity contribution is 8.18. The van der Waals surface area contributed by atoms with E-state index in [1.807, 2.05) is 43.3 Å². The van der Waals surface area contributed by atoms with Gasteiger partial charge in [0.15, 0.2) is 0 Å². The number of thioether (sulfide) groups is 1. The lowest BCUT2D eigenvalue weighted by Crippen LogP contribution is -2.26. The molecule has 11 heteroatoms. The second kappa shape index (κ2) is 8.87. The maximum atomic E-state index is 13.1. The molecule has 0 aliphatic carbocycles. The molecule has 0 aromatic heterocycles. The summed E-state index contributed by atoms with van der Waals surface area (Å²) in [6.45, 7) is 0. The Bertz CT molecular complexity index is 1200. The van der Waals surface area contributed by atoms with Crippen molar-refractivity contribution in [2.24, 2.45) is 5.10 Å². The smallest absolute Gasteiger partial charge is 0.290 e. The van der Waals surface area contributed by atoms with E-state index in [2.05, 4.69) is 10.4 Å². The Balaban J connectivity index is 1.68. The Morgan fingerprint density at radius 1 is 1.18 bits per heavy atom. The number of nitrogens with one attached hydrogen (secondary N) is 1. The summed E-state index contributed by atoms with van der Waals surface area (Å²) in [6, 6.07) is 13.2. The number of carbonyl (C=O) groups is 3. The van der Waals surface area contributed by atoms with Crippen molar-refractivity contribution in [1.82, 2.24) is 10.3 Å². The average Bonchev–Trinajstić information content (AvgIpc) is 3.37. The van der Waals surface area contributed by atoms with Crippen molar-refractivity contribution in [3.8, 4) is 0 Å². The molecule has 1 fully saturated rings. The van der Waals surface area contributed by atoms with Gasteiger partial charge in [0.1, 0.15) is 0 Å². The number of rotatable bonds is 5. The molecule has 1 N–H and O–H groups in total. The van der Waals surface area contributed by atoms with E-state index >= 15 is 0 Å². The van der Waals surface area contributed by atoms with Crippen LogP contribution in [0.3, 0.4) is 0 Å². The van der Waals surface area contributed by atoms with Gasteiger partial charge in [-0.3, -0.25) is 29.8 Å². The lowest BCUT2D eigenvalue weighted by atomic mass is 9.98. The molecular weight excluding hydrogens is 446 g/mol. The second-order valence-corrected chi connectivity index (χ2v) is 8.61. The molecule has 0 saturated carbocycles. The minimum absolute atomic E-state index is 0.00527. The van der Waals surface area contributed by atoms with Gasteiger partial charge in [0, 0.05) is 44.4 Å². The Kier molecular flexibility index (Phi) is 5.97. The first-order valence-corrected chi connectivity index (χ1v) is 10.7. The summed E-state index contributed by atoms with van der Waals surface area (Å²) in [7, 11) is 3.85. The topological polar surface area (TPSA) is 125 Å². The molecule has 2 heterocycles. The van der Waals surface area contributed by atoms with E-state index in [9.17, 15) is 24.5 Å². The van der Waals surface area contributed by atoms with Gasteiger partial charge in [-0.05, 0) is 47.2 Å². The molecule has 168 valence electrons. The first kappa shape index (κ1) is 22.2. The number of imide groups is 1. The summed E-state index contributed by atoms with van der Waals surface area (Å²) in [5, 5.41) is 18.3. The Morgan fingerprint density at radius 3 is 2.39 bits per heavy atom. The van der Waals surface area contributed by atoms with Gasteiger partial charge < -0.3 is 4.90 Å². The lowest BCUT2D eigenvalue weighted by Gasteiger charge is -2.22. The van der Waals surface area contributed by atoms with E-state index in [0.717, 1.165) is 17.3 Å².